The van der Waals surface area contributed by atoms with Gasteiger partial charge in [-0.1, -0.05) is 22.3 Å². The molecule has 0 aromatic heterocycles. The molecule has 1 rings (SSSR count). The number of likely N-dealkylation sites (N-methyl/N-ethyl adjacent to an activating group) is 1. The smallest absolute Gasteiger partial charge is 0.302 e. The minimum atomic E-state index is -0.437. The van der Waals surface area contributed by atoms with Crippen LogP contribution in [0.4, 0.5) is 0 Å². The maximum atomic E-state index is 10.6. The summed E-state index contributed by atoms with van der Waals surface area (Å²) in [5, 5.41) is 31.9. The molecule has 0 aromatic carbocycles. The first-order valence-corrected chi connectivity index (χ1v) is 8.01. The number of hydrazine groups is 1. The molecular weight excluding hydrogens is 380 g/mol. The van der Waals surface area contributed by atoms with Crippen LogP contribution in [0.1, 0.15) is 50.0 Å². The first kappa shape index (κ1) is 46.1. The summed E-state index contributed by atoms with van der Waals surface area (Å²) in [5.41, 5.74) is 0. The molecule has 0 saturated carbocycles. The van der Waals surface area contributed by atoms with Gasteiger partial charge in [0.25, 0.3) is 0 Å². The Morgan fingerprint density at radius 1 is 1.31 bits per heavy atom. The van der Waals surface area contributed by atoms with Crippen LogP contribution in [0.5, 0.6) is 0 Å². The second kappa shape index (κ2) is 28.9. The number of rotatable bonds is 3. The van der Waals surface area contributed by atoms with E-state index in [9.17, 15) is 9.90 Å². The summed E-state index contributed by atoms with van der Waals surface area (Å²) in [6, 6.07) is 0. The van der Waals surface area contributed by atoms with Gasteiger partial charge < -0.3 is 24.8 Å². The highest BCUT2D eigenvalue weighted by Crippen LogP contribution is 2.04. The molecule has 0 spiro atoms. The Labute approximate surface area is 180 Å². The van der Waals surface area contributed by atoms with Crippen LogP contribution in [-0.4, -0.2) is 99.5 Å². The number of hydrogen-bond acceptors (Lipinski definition) is 9. The lowest BCUT2D eigenvalue weighted by atomic mass is 10.4. The molecule has 10 heteroatoms. The van der Waals surface area contributed by atoms with Crippen molar-refractivity contribution in [3.63, 3.8) is 0 Å². The van der Waals surface area contributed by atoms with Crippen molar-refractivity contribution in [2.75, 3.05) is 55.6 Å². The molecule has 4 N–H and O–H groups in total. The zero-order chi connectivity index (χ0) is 21.9. The van der Waals surface area contributed by atoms with Crippen LogP contribution in [-0.2, 0) is 14.3 Å². The lowest BCUT2D eigenvalue weighted by molar-refractivity contribution is -0.901. The summed E-state index contributed by atoms with van der Waals surface area (Å²) in [6.45, 7) is 7.94. The molecule has 0 radical (unpaired) electrons. The number of epoxide rings is 1. The zero-order valence-corrected chi connectivity index (χ0v) is 18.0. The second-order valence-corrected chi connectivity index (χ2v) is 6.07. The second-order valence-electron chi connectivity index (χ2n) is 6.07. The minimum Gasteiger partial charge on any atom is -0.858 e. The highest BCUT2D eigenvalue weighted by molar-refractivity contribution is 5.67. The van der Waals surface area contributed by atoms with Crippen molar-refractivity contribution in [2.45, 2.75) is 62.2 Å². The molecule has 0 amide bonds. The predicted octanol–water partition coefficient (Wildman–Crippen LogP) is 0.660. The van der Waals surface area contributed by atoms with Crippen molar-refractivity contribution in [3.05, 3.63) is 0 Å². The van der Waals surface area contributed by atoms with Gasteiger partial charge in [-0.3, -0.25) is 15.6 Å². The van der Waals surface area contributed by atoms with E-state index >= 15 is 0 Å². The third kappa shape index (κ3) is 86.8. The number of nitrogens with zero attached hydrogens (tertiary/aromatic N) is 3. The molecule has 184 valence electrons. The van der Waals surface area contributed by atoms with Gasteiger partial charge in [0.05, 0.1) is 33.9 Å². The van der Waals surface area contributed by atoms with E-state index in [1.807, 2.05) is 0 Å². The van der Waals surface area contributed by atoms with Gasteiger partial charge in [0.15, 0.2) is 0 Å². The Hall–Kier alpha value is -1.30. The number of methoxy groups -OCH3 is 1. The van der Waals surface area contributed by atoms with Crippen molar-refractivity contribution in [1.29, 1.82) is 0 Å². The van der Waals surface area contributed by atoms with Crippen molar-refractivity contribution < 1.29 is 34.2 Å². The number of aliphatic hydroxyl groups excluding tert-OH is 2. The van der Waals surface area contributed by atoms with Gasteiger partial charge in [0.2, 0.25) is 0 Å². The lowest BCUT2D eigenvalue weighted by Gasteiger charge is -2.25. The van der Waals surface area contributed by atoms with Crippen LogP contribution < -0.4 is 10.9 Å². The standard InChI is InChI=1S/C7H16N2O2.C3H6O2.C3H6O.C2H8N2.CH4O.3CH4/c1-6(10)5-9(3,4)8-7(2)11;1-3(4)5-2;1-3-2-4-3;1-4(2)3;1-2;;;/h6,10H,5H2,1-4H3;1-2H3;3H,2H2,1H3;3H2,1-2H3;2H,1H3;3*1H4. The fraction of sp³-hybridized carbons (Fsp3) is 0.895. The maximum absolute atomic E-state index is 10.6. The zero-order valence-electron chi connectivity index (χ0n) is 18.0. The van der Waals surface area contributed by atoms with Crippen LogP contribution in [0, 0.1) is 0 Å². The van der Waals surface area contributed by atoms with Gasteiger partial charge in [-0.2, -0.15) is 0 Å². The molecule has 2 unspecified atom stereocenters. The van der Waals surface area contributed by atoms with Crippen LogP contribution in [0.2, 0.25) is 0 Å². The fourth-order valence-corrected chi connectivity index (χ4v) is 1.16. The quantitative estimate of drug-likeness (QED) is 0.112. The van der Waals surface area contributed by atoms with Gasteiger partial charge in [-0.25, -0.2) is 4.59 Å². The van der Waals surface area contributed by atoms with Crippen molar-refractivity contribution in [1.82, 2.24) is 5.01 Å². The van der Waals surface area contributed by atoms with E-state index in [0.717, 1.165) is 13.7 Å². The van der Waals surface area contributed by atoms with E-state index in [2.05, 4.69) is 16.8 Å². The molecule has 1 fully saturated rings. The van der Waals surface area contributed by atoms with Gasteiger partial charge in [0, 0.05) is 34.0 Å². The van der Waals surface area contributed by atoms with Crippen LogP contribution >= 0.6 is 0 Å². The summed E-state index contributed by atoms with van der Waals surface area (Å²) in [5.74, 6) is 4.49. The minimum absolute atomic E-state index is 0. The number of carbonyl (C=O) groups is 1. The normalized spacial score (nSPS) is 14.4. The number of nitrogens with two attached hydrogens (primary N) is 1. The first-order chi connectivity index (χ1) is 11.7. The molecule has 0 aliphatic carbocycles. The Morgan fingerprint density at radius 3 is 1.66 bits per heavy atom. The number of carbonyl (C=O) groups excluding carboxylic acids is 1. The summed E-state index contributed by atoms with van der Waals surface area (Å²) < 4.78 is 9.01. The molecule has 10 nitrogen and oxygen atoms in total. The summed E-state index contributed by atoms with van der Waals surface area (Å²) >= 11 is 0. The van der Waals surface area contributed by atoms with E-state index in [0.29, 0.717) is 12.6 Å². The Kier molecular flexibility index (Phi) is 45.9. The number of ether oxygens (including phenoxy) is 2. The average molecular weight is 433 g/mol. The molecule has 0 bridgehead atoms. The maximum Gasteiger partial charge on any atom is 0.302 e. The summed E-state index contributed by atoms with van der Waals surface area (Å²) in [4.78, 5) is 9.59. The van der Waals surface area contributed by atoms with E-state index < -0.39 is 6.10 Å². The molecule has 1 heterocycles. The molecule has 29 heavy (non-hydrogen) atoms. The fourth-order valence-electron chi connectivity index (χ4n) is 1.16. The summed E-state index contributed by atoms with van der Waals surface area (Å²) in [6.07, 6.45) is 0.146. The first-order valence-electron chi connectivity index (χ1n) is 8.01. The Bertz CT molecular complexity index is 341. The molecule has 1 aliphatic rings. The third-order valence-corrected chi connectivity index (χ3v) is 1.91. The third-order valence-electron chi connectivity index (χ3n) is 1.91. The lowest BCUT2D eigenvalue weighted by Crippen LogP contribution is -2.41. The largest absolute Gasteiger partial charge is 0.858 e. The number of hydrogen-bond donors (Lipinski definition) is 3. The molecule has 1 saturated heterocycles. The molecular formula is C19H52N4O6. The predicted molar refractivity (Wildman–Crippen MR) is 121 cm³/mol. The Balaban J connectivity index is -0.0000000457. The van der Waals surface area contributed by atoms with Crippen LogP contribution in [0.25, 0.3) is 0 Å². The highest BCUT2D eigenvalue weighted by Gasteiger charge is 2.16. The number of aliphatic hydroxyl groups is 2. The van der Waals surface area contributed by atoms with Gasteiger partial charge in [-0.05, 0) is 20.8 Å². The SMILES string of the molecule is C.C.C.CC([O-])=N[N+](C)(C)CC(C)O.CC1CO1.CN(C)N.CO.COC(C)=O. The van der Waals surface area contributed by atoms with Gasteiger partial charge in [-0.15, -0.1) is 5.10 Å². The van der Waals surface area contributed by atoms with Gasteiger partial charge in [0.1, 0.15) is 12.6 Å². The molecule has 2 atom stereocenters. The average Bonchev–Trinajstić information content (AvgIpc) is 3.21. The van der Waals surface area contributed by atoms with Gasteiger partial charge >= 0.3 is 5.97 Å². The van der Waals surface area contributed by atoms with E-state index in [1.165, 1.54) is 26.0 Å². The Morgan fingerprint density at radius 2 is 1.55 bits per heavy atom. The highest BCUT2D eigenvalue weighted by atomic mass is 16.6. The van der Waals surface area contributed by atoms with Crippen molar-refractivity contribution in [2.24, 2.45) is 10.9 Å². The topological polar surface area (TPSA) is 144 Å². The summed E-state index contributed by atoms with van der Waals surface area (Å²) in [7, 11) is 9.45. The van der Waals surface area contributed by atoms with E-state index in [-0.39, 0.29) is 38.7 Å². The molecule has 0 aromatic rings. The van der Waals surface area contributed by atoms with E-state index in [1.54, 1.807) is 35.1 Å². The van der Waals surface area contributed by atoms with Crippen molar-refractivity contribution >= 4 is 11.9 Å². The number of esters is 1. The molecule has 1 aliphatic heterocycles. The van der Waals surface area contributed by atoms with E-state index in [4.69, 9.17) is 20.8 Å². The number of quaternary nitrogens is 1. The van der Waals surface area contributed by atoms with Crippen LogP contribution in [0.3, 0.4) is 0 Å². The van der Waals surface area contributed by atoms with Crippen LogP contribution in [0.15, 0.2) is 5.10 Å². The van der Waals surface area contributed by atoms with Crippen molar-refractivity contribution in [3.8, 4) is 0 Å². The monoisotopic (exact) mass is 432 g/mol.